The minimum Gasteiger partial charge on any atom is -0.493 e. The standard InChI is InChI=1S/C25H24N4O4S/c1-17-8-11-20(12-9-17)34(30,31)29-26-15-19-10-13-24(25(14-19)32-3)33-16-23-18(2)27-21-6-4-5-7-22(21)28-23/h4-15,29H,16H2,1-3H3/b26-15-. The molecule has 0 aliphatic heterocycles. The normalized spacial score (nSPS) is 11.6. The van der Waals surface area contributed by atoms with Crippen LogP contribution in [-0.2, 0) is 16.6 Å². The van der Waals surface area contributed by atoms with Crippen molar-refractivity contribution in [2.24, 2.45) is 5.10 Å². The van der Waals surface area contributed by atoms with Crippen LogP contribution in [0.2, 0.25) is 0 Å². The number of aromatic nitrogens is 2. The number of hydrogen-bond acceptors (Lipinski definition) is 7. The van der Waals surface area contributed by atoms with Crippen LogP contribution in [0.1, 0.15) is 22.5 Å². The van der Waals surface area contributed by atoms with Gasteiger partial charge >= 0.3 is 0 Å². The van der Waals surface area contributed by atoms with E-state index in [0.29, 0.717) is 17.1 Å². The molecule has 0 aliphatic carbocycles. The maximum Gasteiger partial charge on any atom is 0.276 e. The third-order valence-electron chi connectivity index (χ3n) is 5.11. The Morgan fingerprint density at radius 2 is 1.65 bits per heavy atom. The second kappa shape index (κ2) is 9.88. The summed E-state index contributed by atoms with van der Waals surface area (Å²) >= 11 is 0. The van der Waals surface area contributed by atoms with E-state index in [1.165, 1.54) is 25.5 Å². The number of sulfonamides is 1. The molecule has 0 radical (unpaired) electrons. The maximum atomic E-state index is 12.4. The first-order chi connectivity index (χ1) is 16.4. The average molecular weight is 477 g/mol. The maximum absolute atomic E-state index is 12.4. The Kier molecular flexibility index (Phi) is 6.74. The third-order valence-corrected chi connectivity index (χ3v) is 6.35. The lowest BCUT2D eigenvalue weighted by Crippen LogP contribution is -2.18. The number of fused-ring (bicyclic) bond motifs is 1. The second-order valence-electron chi connectivity index (χ2n) is 7.61. The van der Waals surface area contributed by atoms with Gasteiger partial charge in [-0.25, -0.2) is 14.8 Å². The number of hydrazone groups is 1. The van der Waals surface area contributed by atoms with Gasteiger partial charge in [0.2, 0.25) is 0 Å². The molecule has 34 heavy (non-hydrogen) atoms. The van der Waals surface area contributed by atoms with Crippen LogP contribution in [0.25, 0.3) is 11.0 Å². The summed E-state index contributed by atoms with van der Waals surface area (Å²) in [5.74, 6) is 1.01. The van der Waals surface area contributed by atoms with E-state index in [1.54, 1.807) is 30.3 Å². The van der Waals surface area contributed by atoms with Crippen molar-refractivity contribution in [2.75, 3.05) is 7.11 Å². The summed E-state index contributed by atoms with van der Waals surface area (Å²) in [5.41, 5.74) is 4.78. The molecule has 0 spiro atoms. The van der Waals surface area contributed by atoms with Crippen LogP contribution in [0.5, 0.6) is 11.5 Å². The van der Waals surface area contributed by atoms with Crippen LogP contribution >= 0.6 is 0 Å². The Morgan fingerprint density at radius 3 is 2.35 bits per heavy atom. The lowest BCUT2D eigenvalue weighted by Gasteiger charge is -2.12. The summed E-state index contributed by atoms with van der Waals surface area (Å²) in [6.07, 6.45) is 1.40. The van der Waals surface area contributed by atoms with Gasteiger partial charge in [-0.3, -0.25) is 0 Å². The third kappa shape index (κ3) is 5.32. The molecule has 3 aromatic carbocycles. The van der Waals surface area contributed by atoms with Crippen LogP contribution in [-0.4, -0.2) is 31.7 Å². The highest BCUT2D eigenvalue weighted by Gasteiger charge is 2.12. The fourth-order valence-corrected chi connectivity index (χ4v) is 4.02. The van der Waals surface area contributed by atoms with Crippen molar-refractivity contribution in [1.29, 1.82) is 0 Å². The highest BCUT2D eigenvalue weighted by atomic mass is 32.2. The molecule has 0 saturated heterocycles. The Morgan fingerprint density at radius 1 is 0.941 bits per heavy atom. The highest BCUT2D eigenvalue weighted by molar-refractivity contribution is 7.89. The minimum absolute atomic E-state index is 0.142. The summed E-state index contributed by atoms with van der Waals surface area (Å²) in [6.45, 7) is 4.01. The molecule has 0 amide bonds. The van der Waals surface area contributed by atoms with Gasteiger partial charge in [0, 0.05) is 0 Å². The van der Waals surface area contributed by atoms with Crippen molar-refractivity contribution >= 4 is 27.3 Å². The first kappa shape index (κ1) is 23.2. The lowest BCUT2D eigenvalue weighted by molar-refractivity contribution is 0.280. The van der Waals surface area contributed by atoms with Gasteiger partial charge < -0.3 is 9.47 Å². The molecular weight excluding hydrogens is 452 g/mol. The van der Waals surface area contributed by atoms with E-state index >= 15 is 0 Å². The van der Waals surface area contributed by atoms with E-state index in [-0.39, 0.29) is 11.5 Å². The van der Waals surface area contributed by atoms with Gasteiger partial charge in [0.25, 0.3) is 10.0 Å². The zero-order chi connectivity index (χ0) is 24.1. The molecule has 4 aromatic rings. The van der Waals surface area contributed by atoms with Gasteiger partial charge in [0.05, 0.1) is 40.6 Å². The first-order valence-electron chi connectivity index (χ1n) is 10.5. The van der Waals surface area contributed by atoms with Gasteiger partial charge in [-0.2, -0.15) is 13.5 Å². The van der Waals surface area contributed by atoms with E-state index in [2.05, 4.69) is 19.9 Å². The second-order valence-corrected chi connectivity index (χ2v) is 9.27. The van der Waals surface area contributed by atoms with E-state index in [4.69, 9.17) is 9.47 Å². The molecule has 1 aromatic heterocycles. The number of nitrogens with one attached hydrogen (secondary N) is 1. The molecule has 0 bridgehead atoms. The first-order valence-corrected chi connectivity index (χ1v) is 12.0. The number of ether oxygens (including phenoxy) is 2. The average Bonchev–Trinajstić information content (AvgIpc) is 2.83. The van der Waals surface area contributed by atoms with E-state index < -0.39 is 10.0 Å². The molecule has 1 heterocycles. The SMILES string of the molecule is COc1cc(/C=N\NS(=O)(=O)c2ccc(C)cc2)ccc1OCc1nc2ccccc2nc1C. The molecule has 0 fully saturated rings. The number of hydrogen-bond donors (Lipinski definition) is 1. The predicted octanol–water partition coefficient (Wildman–Crippen LogP) is 4.15. The molecule has 4 rings (SSSR count). The summed E-state index contributed by atoms with van der Waals surface area (Å²) in [5, 5.41) is 3.87. The summed E-state index contributed by atoms with van der Waals surface area (Å²) in [4.78, 5) is 11.6. The number of aryl methyl sites for hydroxylation is 2. The molecule has 8 nitrogen and oxygen atoms in total. The van der Waals surface area contributed by atoms with Crippen molar-refractivity contribution < 1.29 is 17.9 Å². The Hall–Kier alpha value is -3.98. The summed E-state index contributed by atoms with van der Waals surface area (Å²) < 4.78 is 36.1. The van der Waals surface area contributed by atoms with Crippen LogP contribution in [0.15, 0.2) is 76.7 Å². The van der Waals surface area contributed by atoms with E-state index in [0.717, 1.165) is 28.0 Å². The van der Waals surface area contributed by atoms with Crippen LogP contribution in [0.3, 0.4) is 0 Å². The van der Waals surface area contributed by atoms with Gasteiger partial charge in [-0.05, 0) is 61.9 Å². The molecule has 9 heteroatoms. The molecule has 0 unspecified atom stereocenters. The number of para-hydroxylation sites is 2. The largest absolute Gasteiger partial charge is 0.493 e. The Bertz CT molecular complexity index is 1450. The van der Waals surface area contributed by atoms with E-state index in [9.17, 15) is 8.42 Å². The van der Waals surface area contributed by atoms with Crippen LogP contribution < -0.4 is 14.3 Å². The Balaban J connectivity index is 1.45. The minimum atomic E-state index is -3.75. The number of rotatable bonds is 8. The Labute approximate surface area is 198 Å². The molecule has 0 aliphatic rings. The van der Waals surface area contributed by atoms with Crippen molar-refractivity contribution in [3.63, 3.8) is 0 Å². The predicted molar refractivity (Wildman–Crippen MR) is 131 cm³/mol. The number of benzene rings is 3. The van der Waals surface area contributed by atoms with Crippen molar-refractivity contribution in [2.45, 2.75) is 25.3 Å². The lowest BCUT2D eigenvalue weighted by atomic mass is 10.2. The van der Waals surface area contributed by atoms with Crippen LogP contribution in [0.4, 0.5) is 0 Å². The molecule has 0 atom stereocenters. The number of nitrogens with zero attached hydrogens (tertiary/aromatic N) is 3. The topological polar surface area (TPSA) is 103 Å². The fourth-order valence-electron chi connectivity index (χ4n) is 3.23. The van der Waals surface area contributed by atoms with Crippen LogP contribution in [0, 0.1) is 13.8 Å². The molecular formula is C25H24N4O4S. The quantitative estimate of drug-likeness (QED) is 0.303. The molecule has 0 saturated carbocycles. The van der Waals surface area contributed by atoms with Crippen molar-refractivity contribution in [3.05, 3.63) is 89.2 Å². The smallest absolute Gasteiger partial charge is 0.276 e. The van der Waals surface area contributed by atoms with Crippen molar-refractivity contribution in [3.8, 4) is 11.5 Å². The van der Waals surface area contributed by atoms with E-state index in [1.807, 2.05) is 38.1 Å². The molecule has 174 valence electrons. The van der Waals surface area contributed by atoms with Gasteiger partial charge in [-0.1, -0.05) is 29.8 Å². The zero-order valence-electron chi connectivity index (χ0n) is 19.0. The zero-order valence-corrected chi connectivity index (χ0v) is 19.8. The van der Waals surface area contributed by atoms with Gasteiger partial charge in [0.15, 0.2) is 11.5 Å². The fraction of sp³-hybridized carbons (Fsp3) is 0.160. The molecule has 1 N–H and O–H groups in total. The highest BCUT2D eigenvalue weighted by Crippen LogP contribution is 2.28. The van der Waals surface area contributed by atoms with Gasteiger partial charge in [0.1, 0.15) is 6.61 Å². The van der Waals surface area contributed by atoms with Crippen molar-refractivity contribution in [1.82, 2.24) is 14.8 Å². The monoisotopic (exact) mass is 476 g/mol. The summed E-state index contributed by atoms with van der Waals surface area (Å²) in [7, 11) is -2.21. The van der Waals surface area contributed by atoms with Gasteiger partial charge in [-0.15, -0.1) is 0 Å². The summed E-state index contributed by atoms with van der Waals surface area (Å²) in [6, 6.07) is 19.4. The number of methoxy groups -OCH3 is 1.